The maximum absolute atomic E-state index is 14.7. The number of nitrogens with one attached hydrogen (secondary N) is 3. The molecule has 2 aromatic heterocycles. The quantitative estimate of drug-likeness (QED) is 0.480. The molecule has 9 heteroatoms. The number of anilines is 2. The Morgan fingerprint density at radius 3 is 2.65 bits per heavy atom. The molecule has 34 heavy (non-hydrogen) atoms. The van der Waals surface area contributed by atoms with Crippen molar-refractivity contribution >= 4 is 11.8 Å². The molecule has 3 N–H and O–H groups in total. The van der Waals surface area contributed by atoms with Gasteiger partial charge >= 0.3 is 0 Å². The molecule has 0 spiro atoms. The van der Waals surface area contributed by atoms with E-state index >= 15 is 0 Å². The molecule has 1 saturated heterocycles. The second-order valence-corrected chi connectivity index (χ2v) is 9.47. The van der Waals surface area contributed by atoms with E-state index in [-0.39, 0.29) is 11.7 Å². The second kappa shape index (κ2) is 12.4. The van der Waals surface area contributed by atoms with Gasteiger partial charge < -0.3 is 25.4 Å². The van der Waals surface area contributed by atoms with Crippen molar-refractivity contribution in [3.8, 4) is 11.3 Å². The summed E-state index contributed by atoms with van der Waals surface area (Å²) in [5.41, 5.74) is 0.977. The van der Waals surface area contributed by atoms with Crippen molar-refractivity contribution in [1.29, 1.82) is 0 Å². The normalized spacial score (nSPS) is 22.3. The van der Waals surface area contributed by atoms with Crippen molar-refractivity contribution in [3.05, 3.63) is 30.3 Å². The summed E-state index contributed by atoms with van der Waals surface area (Å²) in [6.07, 6.45) is 9.22. The Labute approximate surface area is 201 Å². The molecule has 2 fully saturated rings. The number of ether oxygens (including phenoxy) is 2. The fourth-order valence-corrected chi connectivity index (χ4v) is 4.80. The molecule has 186 valence electrons. The highest BCUT2D eigenvalue weighted by atomic mass is 19.1. The molecule has 1 aliphatic carbocycles. The molecule has 1 unspecified atom stereocenters. The lowest BCUT2D eigenvalue weighted by Gasteiger charge is -2.31. The fourth-order valence-electron chi connectivity index (χ4n) is 4.80. The highest BCUT2D eigenvalue weighted by Gasteiger charge is 2.23. The molecule has 1 saturated carbocycles. The standard InChI is InChI=1S/C25H37FN6O2/c1-17(16-33-2)30-20-3-5-21(6-4-20)31-25-29-15-22(26)24(32-25)19-7-10-27-23(13-19)28-14-18-8-11-34-12-9-18/h7,10,13,15,17-18,20-21,30H,3-6,8-9,11-12,14,16H2,1-2H3,(H,27,28)(H,29,31,32). The van der Waals surface area contributed by atoms with Crippen LogP contribution in [-0.4, -0.2) is 66.6 Å². The number of nitrogens with zero attached hydrogens (tertiary/aromatic N) is 3. The van der Waals surface area contributed by atoms with Gasteiger partial charge in [-0.25, -0.2) is 19.3 Å². The van der Waals surface area contributed by atoms with Crippen LogP contribution in [0.2, 0.25) is 0 Å². The van der Waals surface area contributed by atoms with Gasteiger partial charge in [-0.3, -0.25) is 0 Å². The molecule has 1 atom stereocenters. The van der Waals surface area contributed by atoms with Gasteiger partial charge in [0.1, 0.15) is 11.5 Å². The molecule has 1 aliphatic heterocycles. The third-order valence-electron chi connectivity index (χ3n) is 6.69. The van der Waals surface area contributed by atoms with Gasteiger partial charge in [0.2, 0.25) is 5.95 Å². The molecule has 4 rings (SSSR count). The predicted octanol–water partition coefficient (Wildman–Crippen LogP) is 3.86. The van der Waals surface area contributed by atoms with Crippen molar-refractivity contribution < 1.29 is 13.9 Å². The van der Waals surface area contributed by atoms with Gasteiger partial charge in [0.05, 0.1) is 12.8 Å². The maximum Gasteiger partial charge on any atom is 0.223 e. The minimum Gasteiger partial charge on any atom is -0.383 e. The SMILES string of the molecule is COCC(C)NC1CCC(Nc2ncc(F)c(-c3ccnc(NCC4CCOCC4)c3)n2)CC1. The van der Waals surface area contributed by atoms with Gasteiger partial charge in [0.15, 0.2) is 5.82 Å². The Balaban J connectivity index is 1.34. The van der Waals surface area contributed by atoms with Crippen LogP contribution in [-0.2, 0) is 9.47 Å². The molecular formula is C25H37FN6O2. The molecule has 0 radical (unpaired) electrons. The topological polar surface area (TPSA) is 93.2 Å². The van der Waals surface area contributed by atoms with E-state index in [4.69, 9.17) is 9.47 Å². The molecule has 0 amide bonds. The molecule has 8 nitrogen and oxygen atoms in total. The Morgan fingerprint density at radius 2 is 1.88 bits per heavy atom. The zero-order valence-corrected chi connectivity index (χ0v) is 20.2. The zero-order chi connectivity index (χ0) is 23.8. The Kier molecular flexibility index (Phi) is 9.01. The first-order valence-electron chi connectivity index (χ1n) is 12.4. The Morgan fingerprint density at radius 1 is 1.12 bits per heavy atom. The van der Waals surface area contributed by atoms with Crippen LogP contribution in [0.1, 0.15) is 45.4 Å². The average molecular weight is 473 g/mol. The van der Waals surface area contributed by atoms with Crippen molar-refractivity contribution in [1.82, 2.24) is 20.3 Å². The lowest BCUT2D eigenvalue weighted by Crippen LogP contribution is -2.43. The summed E-state index contributed by atoms with van der Waals surface area (Å²) >= 11 is 0. The highest BCUT2D eigenvalue weighted by molar-refractivity contribution is 5.64. The van der Waals surface area contributed by atoms with Crippen molar-refractivity contribution in [2.24, 2.45) is 5.92 Å². The van der Waals surface area contributed by atoms with Gasteiger partial charge in [0.25, 0.3) is 0 Å². The van der Waals surface area contributed by atoms with Crippen LogP contribution in [0.4, 0.5) is 16.2 Å². The molecule has 0 bridgehead atoms. The van der Waals surface area contributed by atoms with Crippen molar-refractivity contribution in [3.63, 3.8) is 0 Å². The fraction of sp³-hybridized carbons (Fsp3) is 0.640. The largest absolute Gasteiger partial charge is 0.383 e. The summed E-state index contributed by atoms with van der Waals surface area (Å²) in [7, 11) is 1.73. The van der Waals surface area contributed by atoms with Gasteiger partial charge in [-0.05, 0) is 63.5 Å². The smallest absolute Gasteiger partial charge is 0.223 e. The van der Waals surface area contributed by atoms with Crippen LogP contribution in [0.5, 0.6) is 0 Å². The summed E-state index contributed by atoms with van der Waals surface area (Å²) in [6.45, 7) is 5.32. The number of methoxy groups -OCH3 is 1. The number of halogens is 1. The minimum absolute atomic E-state index is 0.281. The number of aromatic nitrogens is 3. The third-order valence-corrected chi connectivity index (χ3v) is 6.69. The number of rotatable bonds is 10. The van der Waals surface area contributed by atoms with Crippen molar-refractivity contribution in [2.45, 2.75) is 63.6 Å². The molecule has 0 aromatic carbocycles. The number of hydrogen-bond acceptors (Lipinski definition) is 8. The van der Waals surface area contributed by atoms with E-state index in [1.54, 1.807) is 19.4 Å². The van der Waals surface area contributed by atoms with E-state index in [2.05, 4.69) is 37.8 Å². The molecular weight excluding hydrogens is 435 g/mol. The van der Waals surface area contributed by atoms with E-state index in [0.29, 0.717) is 36.1 Å². The molecule has 3 heterocycles. The lowest BCUT2D eigenvalue weighted by molar-refractivity contribution is 0.0699. The first-order valence-corrected chi connectivity index (χ1v) is 12.4. The molecule has 2 aliphatic rings. The minimum atomic E-state index is -0.438. The third kappa shape index (κ3) is 7.07. The van der Waals surface area contributed by atoms with Gasteiger partial charge in [0, 0.05) is 56.8 Å². The highest BCUT2D eigenvalue weighted by Crippen LogP contribution is 2.26. The predicted molar refractivity (Wildman–Crippen MR) is 131 cm³/mol. The van der Waals surface area contributed by atoms with Crippen LogP contribution < -0.4 is 16.0 Å². The maximum atomic E-state index is 14.7. The summed E-state index contributed by atoms with van der Waals surface area (Å²) in [6, 6.07) is 4.76. The number of pyridine rings is 1. The first kappa shape index (κ1) is 24.8. The second-order valence-electron chi connectivity index (χ2n) is 9.47. The lowest BCUT2D eigenvalue weighted by atomic mass is 9.91. The van der Waals surface area contributed by atoms with Gasteiger partial charge in [-0.15, -0.1) is 0 Å². The molecule has 2 aromatic rings. The first-order chi connectivity index (χ1) is 16.6. The summed E-state index contributed by atoms with van der Waals surface area (Å²) < 4.78 is 25.3. The van der Waals surface area contributed by atoms with E-state index in [1.165, 1.54) is 6.20 Å². The van der Waals surface area contributed by atoms with Crippen LogP contribution >= 0.6 is 0 Å². The Hall–Kier alpha value is -2.36. The van der Waals surface area contributed by atoms with Crippen LogP contribution in [0.3, 0.4) is 0 Å². The zero-order valence-electron chi connectivity index (χ0n) is 20.2. The van der Waals surface area contributed by atoms with E-state index in [9.17, 15) is 4.39 Å². The van der Waals surface area contributed by atoms with Crippen LogP contribution in [0, 0.1) is 11.7 Å². The summed E-state index contributed by atoms with van der Waals surface area (Å²) in [5, 5.41) is 10.4. The monoisotopic (exact) mass is 472 g/mol. The summed E-state index contributed by atoms with van der Waals surface area (Å²) in [5.74, 6) is 1.32. The van der Waals surface area contributed by atoms with Gasteiger partial charge in [-0.2, -0.15) is 0 Å². The van der Waals surface area contributed by atoms with Gasteiger partial charge in [-0.1, -0.05) is 0 Å². The Bertz CT molecular complexity index is 903. The number of hydrogen-bond donors (Lipinski definition) is 3. The van der Waals surface area contributed by atoms with Crippen LogP contribution in [0.15, 0.2) is 24.5 Å². The van der Waals surface area contributed by atoms with E-state index < -0.39 is 5.82 Å². The van der Waals surface area contributed by atoms with Crippen molar-refractivity contribution in [2.75, 3.05) is 44.1 Å². The average Bonchev–Trinajstić information content (AvgIpc) is 2.86. The van der Waals surface area contributed by atoms with E-state index in [1.807, 2.05) is 6.07 Å². The summed E-state index contributed by atoms with van der Waals surface area (Å²) in [4.78, 5) is 13.1. The van der Waals surface area contributed by atoms with E-state index in [0.717, 1.165) is 64.1 Å². The van der Waals surface area contributed by atoms with Crippen LogP contribution in [0.25, 0.3) is 11.3 Å².